The summed E-state index contributed by atoms with van der Waals surface area (Å²) >= 11 is 0. The van der Waals surface area contributed by atoms with Crippen molar-refractivity contribution in [1.29, 1.82) is 0 Å². The van der Waals surface area contributed by atoms with Gasteiger partial charge in [0.05, 0.1) is 25.6 Å². The second-order valence-electron chi connectivity index (χ2n) is 11.7. The molecular formula is C37H41NO10. The molecular weight excluding hydrogens is 618 g/mol. The average Bonchev–Trinajstić information content (AvgIpc) is 3.11. The zero-order valence-electron chi connectivity index (χ0n) is 26.9. The van der Waals surface area contributed by atoms with Gasteiger partial charge in [0.2, 0.25) is 0 Å². The molecule has 1 fully saturated rings. The van der Waals surface area contributed by atoms with Gasteiger partial charge in [-0.15, -0.1) is 0 Å². The van der Waals surface area contributed by atoms with Crippen LogP contribution in [-0.4, -0.2) is 74.7 Å². The number of ether oxygens (including phenoxy) is 6. The van der Waals surface area contributed by atoms with Gasteiger partial charge in [0.15, 0.2) is 24.6 Å². The summed E-state index contributed by atoms with van der Waals surface area (Å²) in [5.41, 5.74) is 2.29. The summed E-state index contributed by atoms with van der Waals surface area (Å²) in [6.07, 6.45) is -2.13. The van der Waals surface area contributed by atoms with Gasteiger partial charge in [0, 0.05) is 12.8 Å². The Labute approximate surface area is 279 Å². The number of aliphatic hydroxyl groups is 1. The summed E-state index contributed by atoms with van der Waals surface area (Å²) < 4.78 is 34.7. The number of carbonyl (C=O) groups is 3. The number of amides is 1. The van der Waals surface area contributed by atoms with E-state index in [0.29, 0.717) is 37.1 Å². The number of hydrogen-bond donors (Lipinski definition) is 2. The fourth-order valence-corrected chi connectivity index (χ4v) is 5.87. The molecule has 3 aromatic rings. The molecule has 0 bridgehead atoms. The van der Waals surface area contributed by atoms with Crippen LogP contribution in [0.15, 0.2) is 97.1 Å². The second-order valence-corrected chi connectivity index (χ2v) is 11.7. The molecule has 11 heteroatoms. The molecule has 2 aliphatic rings. The van der Waals surface area contributed by atoms with Crippen molar-refractivity contribution in [2.75, 3.05) is 26.1 Å². The summed E-state index contributed by atoms with van der Waals surface area (Å²) in [7, 11) is 2.88. The van der Waals surface area contributed by atoms with Crippen LogP contribution in [0, 0.1) is 11.8 Å². The first kappa shape index (κ1) is 34.6. The van der Waals surface area contributed by atoms with E-state index in [2.05, 4.69) is 5.32 Å². The molecule has 48 heavy (non-hydrogen) atoms. The first-order chi connectivity index (χ1) is 23.4. The van der Waals surface area contributed by atoms with Gasteiger partial charge in [-0.3, -0.25) is 14.9 Å². The minimum atomic E-state index is -1.38. The van der Waals surface area contributed by atoms with Crippen LogP contribution in [0.25, 0.3) is 0 Å². The molecule has 0 unspecified atom stereocenters. The molecule has 3 aromatic carbocycles. The lowest BCUT2D eigenvalue weighted by Crippen LogP contribution is -2.63. The highest BCUT2D eigenvalue weighted by Crippen LogP contribution is 2.32. The lowest BCUT2D eigenvalue weighted by molar-refractivity contribution is -0.300. The van der Waals surface area contributed by atoms with Gasteiger partial charge < -0.3 is 33.5 Å². The van der Waals surface area contributed by atoms with Crippen LogP contribution in [0.5, 0.6) is 5.75 Å². The van der Waals surface area contributed by atoms with Gasteiger partial charge in [0.1, 0.15) is 11.9 Å². The number of aliphatic hydroxyl groups excluding tert-OH is 1. The van der Waals surface area contributed by atoms with Gasteiger partial charge >= 0.3 is 18.0 Å². The van der Waals surface area contributed by atoms with E-state index >= 15 is 0 Å². The van der Waals surface area contributed by atoms with Crippen LogP contribution in [0.2, 0.25) is 0 Å². The molecule has 2 N–H and O–H groups in total. The standard InChI is InChI=1S/C37H41NO10/c1-43-29-19-17-28(18-20-29)38-37(42)48-31-30(23-39)45-36(44-2)33-32(31)46-34(40)26(21-24-11-5-3-6-12-24)15-9-10-16-27(35(41)47-33)22-25-13-7-4-8-14-25/h3-14,17-20,26-27,30-33,36,39H,15-16,21-23H2,1-2H3,(H,38,42)/b10-9+/t26-,27-,30+,31+,32-,33+,36-/m0/s1. The molecule has 11 nitrogen and oxygen atoms in total. The summed E-state index contributed by atoms with van der Waals surface area (Å²) in [5.74, 6) is -1.76. The normalized spacial score (nSPS) is 26.8. The highest BCUT2D eigenvalue weighted by molar-refractivity contribution is 5.85. The maximum atomic E-state index is 13.9. The van der Waals surface area contributed by atoms with Crippen molar-refractivity contribution >= 4 is 23.7 Å². The molecule has 0 aromatic heterocycles. The SMILES string of the molecule is COc1ccc(NC(=O)O[C@H]2[C@@H]3OC(=O)[C@H](Cc4ccccc4)C/C=C/C[C@@H](Cc4ccccc4)C(=O)O[C@H]3[C@@H](OC)O[C@@H]2CO)cc1. The van der Waals surface area contributed by atoms with Crippen molar-refractivity contribution in [2.45, 2.75) is 56.4 Å². The summed E-state index contributed by atoms with van der Waals surface area (Å²) in [5, 5.41) is 13.0. The second kappa shape index (κ2) is 16.9. The Bertz CT molecular complexity index is 1510. The van der Waals surface area contributed by atoms with E-state index < -0.39 is 67.2 Å². The Kier molecular flexibility index (Phi) is 12.2. The third kappa shape index (κ3) is 9.00. The Morgan fingerprint density at radius 2 is 1.33 bits per heavy atom. The smallest absolute Gasteiger partial charge is 0.412 e. The predicted octanol–water partition coefficient (Wildman–Crippen LogP) is 4.87. The number of allylic oxidation sites excluding steroid dienone is 2. The van der Waals surface area contributed by atoms with Crippen LogP contribution >= 0.6 is 0 Å². The monoisotopic (exact) mass is 659 g/mol. The van der Waals surface area contributed by atoms with Crippen LogP contribution in [-0.2, 0) is 46.1 Å². The number of methoxy groups -OCH3 is 2. The molecule has 5 rings (SSSR count). The zero-order valence-corrected chi connectivity index (χ0v) is 26.9. The third-order valence-electron chi connectivity index (χ3n) is 8.41. The number of carbonyl (C=O) groups excluding carboxylic acids is 3. The molecule has 7 atom stereocenters. The third-order valence-corrected chi connectivity index (χ3v) is 8.41. The number of hydrogen-bond acceptors (Lipinski definition) is 10. The number of benzene rings is 3. The van der Waals surface area contributed by atoms with E-state index in [1.165, 1.54) is 14.2 Å². The largest absolute Gasteiger partial charge is 0.497 e. The number of esters is 2. The topological polar surface area (TPSA) is 139 Å². The Morgan fingerprint density at radius 3 is 1.83 bits per heavy atom. The summed E-state index contributed by atoms with van der Waals surface area (Å²) in [6.45, 7) is -0.609. The maximum absolute atomic E-state index is 13.9. The fraction of sp³-hybridized carbons (Fsp3) is 0.378. The molecule has 0 aliphatic carbocycles. The van der Waals surface area contributed by atoms with Crippen molar-refractivity contribution in [1.82, 2.24) is 0 Å². The first-order valence-corrected chi connectivity index (χ1v) is 15.9. The first-order valence-electron chi connectivity index (χ1n) is 15.9. The predicted molar refractivity (Wildman–Crippen MR) is 175 cm³/mol. The number of fused-ring (bicyclic) bond motifs is 1. The van der Waals surface area contributed by atoms with Crippen molar-refractivity contribution < 1.29 is 47.9 Å². The van der Waals surface area contributed by atoms with E-state index in [1.807, 2.05) is 72.8 Å². The fourth-order valence-electron chi connectivity index (χ4n) is 5.87. The Balaban J connectivity index is 1.48. The molecule has 0 radical (unpaired) electrons. The van der Waals surface area contributed by atoms with Crippen LogP contribution in [0.1, 0.15) is 24.0 Å². The van der Waals surface area contributed by atoms with Gasteiger partial charge in [-0.1, -0.05) is 72.8 Å². The molecule has 1 saturated heterocycles. The molecule has 2 aliphatic heterocycles. The summed E-state index contributed by atoms with van der Waals surface area (Å²) in [4.78, 5) is 41.0. The minimum absolute atomic E-state index is 0.343. The average molecular weight is 660 g/mol. The van der Waals surface area contributed by atoms with Gasteiger partial charge in [-0.2, -0.15) is 0 Å². The highest BCUT2D eigenvalue weighted by Gasteiger charge is 2.53. The van der Waals surface area contributed by atoms with E-state index in [9.17, 15) is 19.5 Å². The molecule has 0 spiro atoms. The van der Waals surface area contributed by atoms with Gasteiger partial charge in [0.25, 0.3) is 0 Å². The van der Waals surface area contributed by atoms with Gasteiger partial charge in [-0.05, 0) is 61.1 Å². The van der Waals surface area contributed by atoms with Crippen LogP contribution in [0.4, 0.5) is 10.5 Å². The number of rotatable bonds is 9. The summed E-state index contributed by atoms with van der Waals surface area (Å²) in [6, 6.07) is 25.7. The maximum Gasteiger partial charge on any atom is 0.412 e. The molecule has 254 valence electrons. The van der Waals surface area contributed by atoms with E-state index in [0.717, 1.165) is 11.1 Å². The minimum Gasteiger partial charge on any atom is -0.497 e. The molecule has 0 saturated carbocycles. The van der Waals surface area contributed by atoms with Crippen molar-refractivity contribution in [2.24, 2.45) is 11.8 Å². The highest BCUT2D eigenvalue weighted by atomic mass is 16.7. The lowest BCUT2D eigenvalue weighted by Gasteiger charge is -2.44. The van der Waals surface area contributed by atoms with Crippen molar-refractivity contribution in [3.63, 3.8) is 0 Å². The van der Waals surface area contributed by atoms with E-state index in [4.69, 9.17) is 28.4 Å². The van der Waals surface area contributed by atoms with Crippen molar-refractivity contribution in [3.8, 4) is 5.75 Å². The van der Waals surface area contributed by atoms with E-state index in [-0.39, 0.29) is 0 Å². The quantitative estimate of drug-likeness (QED) is 0.186. The molecule has 2 heterocycles. The Hall–Kier alpha value is -4.71. The lowest BCUT2D eigenvalue weighted by atomic mass is 9.92. The molecule has 1 amide bonds. The Morgan fingerprint density at radius 1 is 0.792 bits per heavy atom. The van der Waals surface area contributed by atoms with Crippen molar-refractivity contribution in [3.05, 3.63) is 108 Å². The number of nitrogens with one attached hydrogen (secondary N) is 1. The number of anilines is 1. The van der Waals surface area contributed by atoms with E-state index in [1.54, 1.807) is 24.3 Å². The van der Waals surface area contributed by atoms with Crippen LogP contribution in [0.3, 0.4) is 0 Å². The zero-order chi connectivity index (χ0) is 33.9. The van der Waals surface area contributed by atoms with Gasteiger partial charge in [-0.25, -0.2) is 4.79 Å². The van der Waals surface area contributed by atoms with Crippen LogP contribution < -0.4 is 10.1 Å².